The van der Waals surface area contributed by atoms with Gasteiger partial charge in [-0.05, 0) is 23.9 Å². The van der Waals surface area contributed by atoms with Gasteiger partial charge in [0.2, 0.25) is 0 Å². The summed E-state index contributed by atoms with van der Waals surface area (Å²) in [4.78, 5) is 0. The Balaban J connectivity index is 2.92. The molecule has 0 aromatic carbocycles. The van der Waals surface area contributed by atoms with E-state index in [1.54, 1.807) is 11.3 Å². The van der Waals surface area contributed by atoms with Gasteiger partial charge in [0, 0.05) is 7.05 Å². The molecule has 8 heavy (non-hydrogen) atoms. The van der Waals surface area contributed by atoms with Crippen LogP contribution in [0.4, 0.5) is 5.00 Å². The lowest BCUT2D eigenvalue weighted by Gasteiger charge is -1.92. The minimum atomic E-state index is 1.27. The third-order valence-electron chi connectivity index (χ3n) is 1.09. The normalized spacial score (nSPS) is 9.25. The molecule has 0 aliphatic carbocycles. The van der Waals surface area contributed by atoms with E-state index in [0.29, 0.717) is 0 Å². The van der Waals surface area contributed by atoms with Gasteiger partial charge >= 0.3 is 0 Å². The van der Waals surface area contributed by atoms with Crippen LogP contribution < -0.4 is 5.32 Å². The molecule has 44 valence electrons. The van der Waals surface area contributed by atoms with Crippen molar-refractivity contribution in [2.75, 3.05) is 12.4 Å². The molecule has 1 N–H and O–H groups in total. The van der Waals surface area contributed by atoms with E-state index in [1.807, 2.05) is 7.05 Å². The summed E-state index contributed by atoms with van der Waals surface area (Å²) < 4.78 is 0. The highest BCUT2D eigenvalue weighted by molar-refractivity contribution is 7.14. The maximum Gasteiger partial charge on any atom is 0.0909 e. The molecule has 0 unspecified atom stereocenters. The second-order valence-electron chi connectivity index (χ2n) is 1.68. The van der Waals surface area contributed by atoms with E-state index in [2.05, 4.69) is 23.7 Å². The van der Waals surface area contributed by atoms with Crippen molar-refractivity contribution in [3.05, 3.63) is 17.0 Å². The predicted molar refractivity (Wildman–Crippen MR) is 38.6 cm³/mol. The van der Waals surface area contributed by atoms with Crippen LogP contribution in [0.15, 0.2) is 11.4 Å². The Morgan fingerprint density at radius 2 is 2.38 bits per heavy atom. The zero-order chi connectivity index (χ0) is 5.98. The molecule has 2 heteroatoms. The largest absolute Gasteiger partial charge is 0.380 e. The lowest BCUT2D eigenvalue weighted by Crippen LogP contribution is -1.83. The van der Waals surface area contributed by atoms with Crippen LogP contribution in [0.2, 0.25) is 0 Å². The van der Waals surface area contributed by atoms with Gasteiger partial charge in [-0.15, -0.1) is 11.3 Å². The van der Waals surface area contributed by atoms with Gasteiger partial charge in [-0.25, -0.2) is 0 Å². The van der Waals surface area contributed by atoms with Crippen LogP contribution in [-0.4, -0.2) is 7.05 Å². The molecule has 0 spiro atoms. The average Bonchev–Trinajstić information content (AvgIpc) is 2.14. The molecule has 0 atom stereocenters. The number of nitrogens with one attached hydrogen (secondary N) is 1. The van der Waals surface area contributed by atoms with Gasteiger partial charge in [0.05, 0.1) is 5.00 Å². The van der Waals surface area contributed by atoms with Crippen LogP contribution in [0.3, 0.4) is 0 Å². The molecule has 0 amide bonds. The average molecular weight is 127 g/mol. The molecule has 0 aliphatic heterocycles. The topological polar surface area (TPSA) is 12.0 Å². The van der Waals surface area contributed by atoms with Crippen LogP contribution in [0, 0.1) is 6.92 Å². The first-order valence-corrected chi connectivity index (χ1v) is 3.44. The van der Waals surface area contributed by atoms with Crippen LogP contribution in [0.25, 0.3) is 0 Å². The first-order valence-electron chi connectivity index (χ1n) is 2.56. The quantitative estimate of drug-likeness (QED) is 0.609. The van der Waals surface area contributed by atoms with E-state index >= 15 is 0 Å². The van der Waals surface area contributed by atoms with E-state index in [9.17, 15) is 0 Å². The first-order chi connectivity index (χ1) is 3.84. The standard InChI is InChI=1S/C6H9NS/c1-5-3-4-8-6(5)7-2/h3-4,7H,1-2H3. The minimum Gasteiger partial charge on any atom is -0.380 e. The second kappa shape index (κ2) is 2.18. The number of hydrogen-bond acceptors (Lipinski definition) is 2. The van der Waals surface area contributed by atoms with Gasteiger partial charge in [0.1, 0.15) is 0 Å². The zero-order valence-electron chi connectivity index (χ0n) is 5.06. The highest BCUT2D eigenvalue weighted by atomic mass is 32.1. The molecule has 1 heterocycles. The summed E-state index contributed by atoms with van der Waals surface area (Å²) in [5.41, 5.74) is 1.33. The maximum atomic E-state index is 3.09. The van der Waals surface area contributed by atoms with Gasteiger partial charge in [0.15, 0.2) is 0 Å². The Hall–Kier alpha value is -0.500. The Labute approximate surface area is 53.4 Å². The van der Waals surface area contributed by atoms with Gasteiger partial charge in [-0.2, -0.15) is 0 Å². The summed E-state index contributed by atoms with van der Waals surface area (Å²) in [6.07, 6.45) is 0. The Bertz CT molecular complexity index is 169. The van der Waals surface area contributed by atoms with Crippen molar-refractivity contribution in [3.8, 4) is 0 Å². The van der Waals surface area contributed by atoms with Crippen LogP contribution in [0.5, 0.6) is 0 Å². The van der Waals surface area contributed by atoms with Crippen LogP contribution in [-0.2, 0) is 0 Å². The summed E-state index contributed by atoms with van der Waals surface area (Å²) in [5, 5.41) is 6.45. The van der Waals surface area contributed by atoms with Crippen molar-refractivity contribution in [3.63, 3.8) is 0 Å². The van der Waals surface area contributed by atoms with E-state index in [4.69, 9.17) is 0 Å². The fourth-order valence-electron chi connectivity index (χ4n) is 0.629. The molecule has 1 rings (SSSR count). The van der Waals surface area contributed by atoms with Gasteiger partial charge in [0.25, 0.3) is 0 Å². The molecule has 1 aromatic heterocycles. The van der Waals surface area contributed by atoms with E-state index in [1.165, 1.54) is 10.6 Å². The molecule has 1 aromatic rings. The predicted octanol–water partition coefficient (Wildman–Crippen LogP) is 2.10. The van der Waals surface area contributed by atoms with Crippen molar-refractivity contribution < 1.29 is 0 Å². The third-order valence-corrected chi connectivity index (χ3v) is 2.12. The second-order valence-corrected chi connectivity index (χ2v) is 2.60. The number of hydrogen-bond donors (Lipinski definition) is 1. The summed E-state index contributed by atoms with van der Waals surface area (Å²) in [5.74, 6) is 0. The molecule has 0 saturated heterocycles. The fraction of sp³-hybridized carbons (Fsp3) is 0.333. The zero-order valence-corrected chi connectivity index (χ0v) is 5.88. The summed E-state index contributed by atoms with van der Waals surface area (Å²) in [6, 6.07) is 2.11. The van der Waals surface area contributed by atoms with Crippen molar-refractivity contribution in [1.29, 1.82) is 0 Å². The van der Waals surface area contributed by atoms with Crippen molar-refractivity contribution >= 4 is 16.3 Å². The number of rotatable bonds is 1. The number of aryl methyl sites for hydroxylation is 1. The summed E-state index contributed by atoms with van der Waals surface area (Å²) >= 11 is 1.74. The number of anilines is 1. The van der Waals surface area contributed by atoms with Crippen molar-refractivity contribution in [1.82, 2.24) is 0 Å². The third kappa shape index (κ3) is 0.842. The van der Waals surface area contributed by atoms with Gasteiger partial charge in [-0.1, -0.05) is 0 Å². The lowest BCUT2D eigenvalue weighted by atomic mass is 10.4. The molecule has 1 nitrogen and oxygen atoms in total. The minimum absolute atomic E-state index is 1.27. The first kappa shape index (κ1) is 5.63. The van der Waals surface area contributed by atoms with E-state index < -0.39 is 0 Å². The molecule has 0 radical (unpaired) electrons. The highest BCUT2D eigenvalue weighted by Crippen LogP contribution is 2.20. The van der Waals surface area contributed by atoms with Gasteiger partial charge < -0.3 is 5.32 Å². The monoisotopic (exact) mass is 127 g/mol. The molecular formula is C6H9NS. The fourth-order valence-corrected chi connectivity index (χ4v) is 1.41. The molecule has 0 saturated carbocycles. The highest BCUT2D eigenvalue weighted by Gasteiger charge is 1.91. The summed E-state index contributed by atoms with van der Waals surface area (Å²) in [7, 11) is 1.94. The van der Waals surface area contributed by atoms with Crippen molar-refractivity contribution in [2.24, 2.45) is 0 Å². The Kier molecular flexibility index (Phi) is 1.53. The van der Waals surface area contributed by atoms with Crippen LogP contribution in [0.1, 0.15) is 5.56 Å². The summed E-state index contributed by atoms with van der Waals surface area (Å²) in [6.45, 7) is 2.10. The van der Waals surface area contributed by atoms with Gasteiger partial charge in [-0.3, -0.25) is 0 Å². The van der Waals surface area contributed by atoms with E-state index in [0.717, 1.165) is 0 Å². The maximum absolute atomic E-state index is 3.09. The molecular weight excluding hydrogens is 118 g/mol. The Morgan fingerprint density at radius 1 is 1.62 bits per heavy atom. The lowest BCUT2D eigenvalue weighted by molar-refractivity contribution is 1.48. The van der Waals surface area contributed by atoms with Crippen LogP contribution >= 0.6 is 11.3 Å². The Morgan fingerprint density at radius 3 is 2.62 bits per heavy atom. The number of thiophene rings is 1. The molecule has 0 aliphatic rings. The SMILES string of the molecule is CNc1sccc1C. The smallest absolute Gasteiger partial charge is 0.0909 e. The van der Waals surface area contributed by atoms with Crippen molar-refractivity contribution in [2.45, 2.75) is 6.92 Å². The van der Waals surface area contributed by atoms with E-state index in [-0.39, 0.29) is 0 Å². The molecule has 0 fully saturated rings. The molecule has 0 bridgehead atoms.